The van der Waals surface area contributed by atoms with Crippen molar-refractivity contribution in [2.24, 2.45) is 17.2 Å². The summed E-state index contributed by atoms with van der Waals surface area (Å²) in [5.41, 5.74) is 15.8. The van der Waals surface area contributed by atoms with Crippen LogP contribution in [0.5, 0.6) is 0 Å². The smallest absolute Gasteiger partial charge is 0.321 e. The Hall–Kier alpha value is -3.56. The highest BCUT2D eigenvalue weighted by atomic mass is 16.4. The van der Waals surface area contributed by atoms with Gasteiger partial charge < -0.3 is 47.7 Å². The fourth-order valence-corrected chi connectivity index (χ4v) is 1.40. The number of carboxylic acids is 5. The van der Waals surface area contributed by atoms with E-state index in [2.05, 4.69) is 9.97 Å². The normalized spacial score (nSPS) is 12.6. The molecule has 170 valence electrons. The van der Waals surface area contributed by atoms with Gasteiger partial charge in [-0.2, -0.15) is 0 Å². The van der Waals surface area contributed by atoms with Crippen LogP contribution in [0.2, 0.25) is 0 Å². The van der Waals surface area contributed by atoms with Crippen LogP contribution in [-0.2, 0) is 30.4 Å². The van der Waals surface area contributed by atoms with Gasteiger partial charge in [-0.1, -0.05) is 0 Å². The minimum absolute atomic E-state index is 0.0231. The second-order valence-corrected chi connectivity index (χ2v) is 5.65. The Kier molecular flexibility index (Phi) is 14.7. The molecule has 3 atom stereocenters. The maximum absolute atomic E-state index is 10.3. The van der Waals surface area contributed by atoms with Crippen LogP contribution < -0.4 is 17.2 Å². The second-order valence-electron chi connectivity index (χ2n) is 5.65. The number of carbonyl (C=O) groups is 5. The predicted octanol–water partition coefficient (Wildman–Crippen LogP) is -2.50. The molecule has 15 heteroatoms. The fraction of sp³-hybridized carbons (Fsp3) is 0.467. The van der Waals surface area contributed by atoms with E-state index in [0.29, 0.717) is 0 Å². The summed E-state index contributed by atoms with van der Waals surface area (Å²) < 4.78 is 0. The van der Waals surface area contributed by atoms with E-state index in [1.165, 1.54) is 6.33 Å². The molecule has 1 aromatic rings. The minimum atomic E-state index is -1.29. The maximum atomic E-state index is 10.3. The van der Waals surface area contributed by atoms with Crippen LogP contribution in [0.25, 0.3) is 0 Å². The zero-order valence-corrected chi connectivity index (χ0v) is 15.7. The van der Waals surface area contributed by atoms with Gasteiger partial charge in [-0.3, -0.25) is 24.0 Å². The number of nitrogens with two attached hydrogens (primary N) is 3. The highest BCUT2D eigenvalue weighted by Crippen LogP contribution is 1.95. The molecule has 12 N–H and O–H groups in total. The topological polar surface area (TPSA) is 293 Å². The maximum Gasteiger partial charge on any atom is 0.321 e. The molecule has 1 heterocycles. The Morgan fingerprint density at radius 2 is 1.33 bits per heavy atom. The molecule has 0 saturated carbocycles. The molecule has 1 aromatic heterocycles. The summed E-state index contributed by atoms with van der Waals surface area (Å²) in [6, 6.07) is -3.20. The molecule has 0 amide bonds. The molecule has 0 fully saturated rings. The molecule has 0 aromatic carbocycles. The number of rotatable bonds is 10. The highest BCUT2D eigenvalue weighted by molar-refractivity contribution is 5.80. The highest BCUT2D eigenvalue weighted by Gasteiger charge is 2.14. The molecule has 15 nitrogen and oxygen atoms in total. The van der Waals surface area contributed by atoms with Gasteiger partial charge in [0.15, 0.2) is 0 Å². The van der Waals surface area contributed by atoms with Crippen molar-refractivity contribution in [3.05, 3.63) is 18.2 Å². The number of aromatic nitrogens is 2. The zero-order valence-electron chi connectivity index (χ0n) is 15.7. The molecule has 30 heavy (non-hydrogen) atoms. The van der Waals surface area contributed by atoms with E-state index in [1.54, 1.807) is 6.20 Å². The van der Waals surface area contributed by atoms with Crippen LogP contribution in [-0.4, -0.2) is 83.5 Å². The van der Waals surface area contributed by atoms with Crippen LogP contribution in [0, 0.1) is 0 Å². The van der Waals surface area contributed by atoms with Gasteiger partial charge in [0, 0.05) is 24.7 Å². The summed E-state index contributed by atoms with van der Waals surface area (Å²) >= 11 is 0. The van der Waals surface area contributed by atoms with Gasteiger partial charge in [0.2, 0.25) is 0 Å². The number of aliphatic carboxylic acids is 5. The summed E-state index contributed by atoms with van der Waals surface area (Å²) in [6.07, 6.45) is 2.58. The van der Waals surface area contributed by atoms with Gasteiger partial charge in [0.25, 0.3) is 0 Å². The first kappa shape index (κ1) is 28.6. The fourth-order valence-electron chi connectivity index (χ4n) is 1.40. The van der Waals surface area contributed by atoms with Crippen LogP contribution in [0.4, 0.5) is 0 Å². The zero-order chi connectivity index (χ0) is 23.9. The molecule has 0 radical (unpaired) electrons. The predicted molar refractivity (Wildman–Crippen MR) is 98.2 cm³/mol. The molecule has 0 aliphatic carbocycles. The summed E-state index contributed by atoms with van der Waals surface area (Å²) in [6.45, 7) is 0. The molecule has 0 aliphatic rings. The van der Waals surface area contributed by atoms with Crippen molar-refractivity contribution in [2.75, 3.05) is 0 Å². The quantitative estimate of drug-likeness (QED) is 0.183. The number of imidazole rings is 1. The first-order chi connectivity index (χ1) is 13.8. The number of nitrogens with one attached hydrogen (secondary N) is 1. The van der Waals surface area contributed by atoms with Crippen molar-refractivity contribution in [1.82, 2.24) is 9.97 Å². The van der Waals surface area contributed by atoms with E-state index < -0.39 is 54.4 Å². The number of aromatic amines is 1. The Bertz CT molecular complexity index is 694. The second kappa shape index (κ2) is 15.4. The first-order valence-corrected chi connectivity index (χ1v) is 8.13. The van der Waals surface area contributed by atoms with Crippen molar-refractivity contribution in [1.29, 1.82) is 0 Å². The van der Waals surface area contributed by atoms with Gasteiger partial charge in [0.1, 0.15) is 18.1 Å². The third-order valence-corrected chi connectivity index (χ3v) is 3.01. The van der Waals surface area contributed by atoms with Gasteiger partial charge in [-0.15, -0.1) is 0 Å². The third kappa shape index (κ3) is 16.6. The van der Waals surface area contributed by atoms with E-state index in [4.69, 9.17) is 42.7 Å². The minimum Gasteiger partial charge on any atom is -0.481 e. The number of hydrogen-bond acceptors (Lipinski definition) is 9. The molecule has 1 rings (SSSR count). The number of hydrogen-bond donors (Lipinski definition) is 9. The Morgan fingerprint density at radius 3 is 1.63 bits per heavy atom. The van der Waals surface area contributed by atoms with E-state index in [-0.39, 0.29) is 19.3 Å². The van der Waals surface area contributed by atoms with Gasteiger partial charge >= 0.3 is 29.8 Å². The molecular weight excluding hydrogens is 410 g/mol. The van der Waals surface area contributed by atoms with E-state index in [9.17, 15) is 24.0 Å². The Morgan fingerprint density at radius 1 is 0.833 bits per heavy atom. The Balaban J connectivity index is 0. The third-order valence-electron chi connectivity index (χ3n) is 3.01. The van der Waals surface area contributed by atoms with Crippen molar-refractivity contribution in [3.8, 4) is 0 Å². The van der Waals surface area contributed by atoms with Gasteiger partial charge in [0.05, 0.1) is 12.7 Å². The van der Waals surface area contributed by atoms with E-state index in [0.717, 1.165) is 5.69 Å². The lowest BCUT2D eigenvalue weighted by Gasteiger charge is -2.02. The van der Waals surface area contributed by atoms with Crippen molar-refractivity contribution in [3.63, 3.8) is 0 Å². The first-order valence-electron chi connectivity index (χ1n) is 8.13. The van der Waals surface area contributed by atoms with Crippen LogP contribution in [0.3, 0.4) is 0 Å². The lowest BCUT2D eigenvalue weighted by Crippen LogP contribution is -2.32. The van der Waals surface area contributed by atoms with Crippen LogP contribution >= 0.6 is 0 Å². The average molecular weight is 435 g/mol. The number of H-pyrrole nitrogens is 1. The van der Waals surface area contributed by atoms with Crippen molar-refractivity contribution < 1.29 is 49.5 Å². The van der Waals surface area contributed by atoms with E-state index in [1.807, 2.05) is 0 Å². The van der Waals surface area contributed by atoms with E-state index >= 15 is 0 Å². The number of nitrogens with zero attached hydrogens (tertiary/aromatic N) is 1. The van der Waals surface area contributed by atoms with Crippen molar-refractivity contribution in [2.45, 2.75) is 43.8 Å². The average Bonchev–Trinajstić information content (AvgIpc) is 3.12. The lowest BCUT2D eigenvalue weighted by atomic mass is 10.2. The Labute approximate surface area is 169 Å². The summed E-state index contributed by atoms with van der Waals surface area (Å²) in [5, 5.41) is 40.7. The molecular formula is C15H25N5O10. The molecule has 0 aliphatic heterocycles. The van der Waals surface area contributed by atoms with Crippen molar-refractivity contribution >= 4 is 29.8 Å². The SMILES string of the molecule is NC(CC(=O)O)C(=O)O.NC(CCC(=O)O)C(=O)O.NC(Cc1cnc[nH]1)C(=O)O. The molecule has 0 saturated heterocycles. The van der Waals surface area contributed by atoms with Gasteiger partial charge in [-0.25, -0.2) is 4.98 Å². The monoisotopic (exact) mass is 435 g/mol. The largest absolute Gasteiger partial charge is 0.481 e. The summed E-state index contributed by atoms with van der Waals surface area (Å²) in [7, 11) is 0. The van der Waals surface area contributed by atoms with Crippen LogP contribution in [0.15, 0.2) is 12.5 Å². The van der Waals surface area contributed by atoms with Gasteiger partial charge in [-0.05, 0) is 6.42 Å². The van der Waals surface area contributed by atoms with Crippen LogP contribution in [0.1, 0.15) is 25.0 Å². The number of carboxylic acid groups (broad SMARTS) is 5. The molecule has 0 bridgehead atoms. The molecule has 0 spiro atoms. The standard InChI is InChI=1S/C6H9N3O2.C5H9NO4.C4H7NO4/c7-5(6(10)11)1-4-2-8-3-9-4;6-3(5(9)10)1-2-4(7)8;5-2(4(8)9)1-3(6)7/h2-3,5H,1,7H2,(H,8,9)(H,10,11);3H,1-2,6H2,(H,7,8)(H,9,10);2H,1,5H2,(H,6,7)(H,8,9). The summed E-state index contributed by atoms with van der Waals surface area (Å²) in [5.74, 6) is -5.69. The molecule has 3 unspecified atom stereocenters. The summed E-state index contributed by atoms with van der Waals surface area (Å²) in [4.78, 5) is 56.3. The lowest BCUT2D eigenvalue weighted by molar-refractivity contribution is -0.144.